The van der Waals surface area contributed by atoms with Gasteiger partial charge in [-0.2, -0.15) is 19.3 Å². The molecule has 0 atom stereocenters. The second-order valence-corrected chi connectivity index (χ2v) is 2.56. The summed E-state index contributed by atoms with van der Waals surface area (Å²) in [5.41, 5.74) is 0. The zero-order valence-corrected chi connectivity index (χ0v) is 13.9. The summed E-state index contributed by atoms with van der Waals surface area (Å²) in [6.45, 7) is 17.2. The summed E-state index contributed by atoms with van der Waals surface area (Å²) in [6, 6.07) is 0. The molecule has 0 N–H and O–H groups in total. The second kappa shape index (κ2) is 47.8. The maximum Gasteiger partial charge on any atom is -0.0678 e. The van der Waals surface area contributed by atoms with Crippen LogP contribution in [0.15, 0.2) is 0 Å². The first-order valence-electron chi connectivity index (χ1n) is 5.24. The maximum absolute atomic E-state index is 3.60. The number of unbranched alkanes of at least 4 members (excludes halogenated alkanes) is 3. The second-order valence-electron chi connectivity index (χ2n) is 2.56. The average Bonchev–Trinajstić information content (AvgIpc) is 2.31. The smallest absolute Gasteiger partial charge is 0.0678 e. The molecular formula is C12H27BrPt-3. The van der Waals surface area contributed by atoms with E-state index < -0.39 is 0 Å². The van der Waals surface area contributed by atoms with Crippen molar-refractivity contribution >= 4 is 13.3 Å². The normalized spacial score (nSPS) is 6.93. The number of hydrogen-bond donors (Lipinski definition) is 0. The molecule has 0 aliphatic rings. The van der Waals surface area contributed by atoms with Crippen molar-refractivity contribution in [3.8, 4) is 0 Å². The fourth-order valence-electron chi connectivity index (χ4n) is 0. The molecule has 0 aliphatic heterocycles. The molecule has 2 heteroatoms. The van der Waals surface area contributed by atoms with Crippen molar-refractivity contribution in [1.82, 2.24) is 0 Å². The molecule has 0 unspecified atom stereocenters. The van der Waals surface area contributed by atoms with Crippen molar-refractivity contribution in [3.05, 3.63) is 20.8 Å². The van der Waals surface area contributed by atoms with E-state index in [1.54, 1.807) is 0 Å². The van der Waals surface area contributed by atoms with Crippen LogP contribution in [0.25, 0.3) is 0 Å². The van der Waals surface area contributed by atoms with E-state index in [0.717, 1.165) is 19.3 Å². The molecule has 14 heavy (non-hydrogen) atoms. The van der Waals surface area contributed by atoms with E-state index in [1.807, 2.05) is 17.8 Å². The van der Waals surface area contributed by atoms with Gasteiger partial charge in [-0.05, 0) is 0 Å². The molecule has 0 fully saturated rings. The van der Waals surface area contributed by atoms with Gasteiger partial charge in [-0.1, -0.05) is 40.0 Å². The summed E-state index contributed by atoms with van der Waals surface area (Å²) >= 11 is 4.86. The van der Waals surface area contributed by atoms with Crippen LogP contribution in [0.1, 0.15) is 59.3 Å². The zero-order chi connectivity index (χ0) is 12.2. The van der Waals surface area contributed by atoms with E-state index in [0.29, 0.717) is 0 Å². The molecule has 0 aromatic carbocycles. The van der Waals surface area contributed by atoms with Crippen molar-refractivity contribution < 1.29 is 17.8 Å². The minimum absolute atomic E-state index is 1.07. The van der Waals surface area contributed by atoms with Crippen LogP contribution in [-0.2, 0) is 17.8 Å². The van der Waals surface area contributed by atoms with E-state index in [1.165, 1.54) is 19.3 Å². The van der Waals surface area contributed by atoms with Crippen LogP contribution in [0.4, 0.5) is 0 Å². The van der Waals surface area contributed by atoms with Crippen LogP contribution in [0.3, 0.4) is 0 Å². The fraction of sp³-hybridized carbons (Fsp3) is 0.750. The topological polar surface area (TPSA) is 0 Å². The average molecular weight is 446 g/mol. The summed E-state index contributed by atoms with van der Waals surface area (Å²) in [5.74, 6) is 0. The van der Waals surface area contributed by atoms with Gasteiger partial charge in [0, 0.05) is 0 Å². The van der Waals surface area contributed by atoms with Crippen LogP contribution >= 0.6 is 13.3 Å². The Balaban J connectivity index is -0.0000000492. The van der Waals surface area contributed by atoms with Crippen LogP contribution < -0.4 is 0 Å². The van der Waals surface area contributed by atoms with Gasteiger partial charge >= 0.3 is 31.1 Å². The van der Waals surface area contributed by atoms with Crippen molar-refractivity contribution in [2.75, 3.05) is 0 Å². The molecule has 0 bridgehead atoms. The molecule has 0 heterocycles. The Bertz CT molecular complexity index is 25.8. The first kappa shape index (κ1) is 24.4. The zero-order valence-electron chi connectivity index (χ0n) is 10.1. The Labute approximate surface area is 111 Å². The predicted molar refractivity (Wildman–Crippen MR) is 69.7 cm³/mol. The molecule has 0 aliphatic carbocycles. The van der Waals surface area contributed by atoms with Gasteiger partial charge in [0.05, 0.1) is 0 Å². The van der Waals surface area contributed by atoms with Crippen LogP contribution in [0.5, 0.6) is 0 Å². The quantitative estimate of drug-likeness (QED) is 0.488. The molecule has 0 aromatic rings. The monoisotopic (exact) mass is 445 g/mol. The molecule has 0 spiro atoms. The van der Waals surface area contributed by atoms with E-state index in [9.17, 15) is 0 Å². The Morgan fingerprint density at radius 3 is 0.786 bits per heavy atom. The molecule has 0 amide bonds. The van der Waals surface area contributed by atoms with Gasteiger partial charge in [-0.25, -0.2) is 0 Å². The van der Waals surface area contributed by atoms with E-state index in [2.05, 4.69) is 54.8 Å². The summed E-state index contributed by atoms with van der Waals surface area (Å²) < 4.78 is 0. The fourth-order valence-corrected chi connectivity index (χ4v) is 0. The molecule has 0 rings (SSSR count). The number of hydrogen-bond acceptors (Lipinski definition) is 0. The van der Waals surface area contributed by atoms with Gasteiger partial charge in [0.25, 0.3) is 0 Å². The third kappa shape index (κ3) is 112. The van der Waals surface area contributed by atoms with E-state index >= 15 is 0 Å². The molecule has 95 valence electrons. The van der Waals surface area contributed by atoms with Gasteiger partial charge in [0.15, 0.2) is 0 Å². The minimum Gasteiger partial charge on any atom is -0.343 e. The van der Waals surface area contributed by atoms with Crippen molar-refractivity contribution in [2.24, 2.45) is 0 Å². The molecule has 0 radical (unpaired) electrons. The first-order chi connectivity index (χ1) is 6.74. The van der Waals surface area contributed by atoms with Gasteiger partial charge in [0.1, 0.15) is 0 Å². The van der Waals surface area contributed by atoms with Gasteiger partial charge in [0.2, 0.25) is 0 Å². The minimum atomic E-state index is 1.07. The SMILES string of the molecule is [Br][Pt].[CH2-]CCC.[CH2-]CCC.[CH2-]CCC. The Morgan fingerprint density at radius 2 is 0.786 bits per heavy atom. The third-order valence-electron chi connectivity index (χ3n) is 1.06. The summed E-state index contributed by atoms with van der Waals surface area (Å²) in [4.78, 5) is 0. The van der Waals surface area contributed by atoms with Gasteiger partial charge in [-0.3, -0.25) is 0 Å². The maximum atomic E-state index is 3.60. The summed E-state index contributed by atoms with van der Waals surface area (Å²) in [6.07, 6.45) is 6.83. The van der Waals surface area contributed by atoms with E-state index in [4.69, 9.17) is 0 Å². The third-order valence-corrected chi connectivity index (χ3v) is 1.06. The number of rotatable bonds is 3. The molecule has 0 saturated heterocycles. The van der Waals surface area contributed by atoms with Gasteiger partial charge in [-0.15, -0.1) is 0 Å². The van der Waals surface area contributed by atoms with Crippen molar-refractivity contribution in [2.45, 2.75) is 59.3 Å². The Kier molecular flexibility index (Phi) is 83.4. The van der Waals surface area contributed by atoms with Crippen LogP contribution in [-0.4, -0.2) is 0 Å². The van der Waals surface area contributed by atoms with E-state index in [-0.39, 0.29) is 0 Å². The molecule has 0 nitrogen and oxygen atoms in total. The van der Waals surface area contributed by atoms with Crippen LogP contribution in [0.2, 0.25) is 0 Å². The standard InChI is InChI=1S/3C4H9.BrH.Pt/c3*1-3-4-2;;/h3*1,3-4H2,2H3;1H;/q3*-1;;+1/p-1. The van der Waals surface area contributed by atoms with Crippen molar-refractivity contribution in [3.63, 3.8) is 0 Å². The Hall–Kier alpha value is 1.17. The molecule has 0 saturated carbocycles. The predicted octanol–water partition coefficient (Wildman–Crippen LogP) is 5.70. The number of halogens is 1. The summed E-state index contributed by atoms with van der Waals surface area (Å²) in [5, 5.41) is 0. The molecular weight excluding hydrogens is 419 g/mol. The first-order valence-corrected chi connectivity index (χ1v) is 10.2. The largest absolute Gasteiger partial charge is 0.343 e. The molecule has 0 aromatic heterocycles. The Morgan fingerprint density at radius 1 is 0.714 bits per heavy atom. The van der Waals surface area contributed by atoms with Crippen LogP contribution in [0, 0.1) is 20.8 Å². The van der Waals surface area contributed by atoms with Crippen molar-refractivity contribution in [1.29, 1.82) is 0 Å². The van der Waals surface area contributed by atoms with Gasteiger partial charge < -0.3 is 20.8 Å². The summed E-state index contributed by atoms with van der Waals surface area (Å²) in [7, 11) is 0.